The van der Waals surface area contributed by atoms with Crippen LogP contribution in [0.1, 0.15) is 32.1 Å². The molecule has 3 N–H and O–H groups in total. The number of nitrogens with one attached hydrogen (secondary N) is 1. The van der Waals surface area contributed by atoms with Crippen molar-refractivity contribution in [2.45, 2.75) is 37.0 Å². The Morgan fingerprint density at radius 1 is 1.20 bits per heavy atom. The highest BCUT2D eigenvalue weighted by Gasteiger charge is 2.10. The Labute approximate surface area is 118 Å². The molecular formula is C14H18N2O3S. The predicted molar refractivity (Wildman–Crippen MR) is 77.6 cm³/mol. The van der Waals surface area contributed by atoms with Gasteiger partial charge in [-0.2, -0.15) is 0 Å². The minimum absolute atomic E-state index is 0.0329. The van der Waals surface area contributed by atoms with Crippen molar-refractivity contribution in [3.8, 4) is 0 Å². The first kappa shape index (κ1) is 14.7. The molecule has 0 heterocycles. The van der Waals surface area contributed by atoms with Crippen LogP contribution in [0.25, 0.3) is 0 Å². The maximum atomic E-state index is 11.9. The summed E-state index contributed by atoms with van der Waals surface area (Å²) in [6, 6.07) is 5.83. The number of nitrogens with two attached hydrogens (primary N) is 1. The van der Waals surface area contributed by atoms with Crippen molar-refractivity contribution in [2.24, 2.45) is 5.14 Å². The summed E-state index contributed by atoms with van der Waals surface area (Å²) in [6.45, 7) is 0. The number of hydrogen-bond donors (Lipinski definition) is 2. The van der Waals surface area contributed by atoms with Crippen LogP contribution in [0.2, 0.25) is 0 Å². The van der Waals surface area contributed by atoms with E-state index in [1.807, 2.05) is 0 Å². The van der Waals surface area contributed by atoms with Crippen molar-refractivity contribution in [3.63, 3.8) is 0 Å². The van der Waals surface area contributed by atoms with Gasteiger partial charge in [0.25, 0.3) is 0 Å². The molecule has 20 heavy (non-hydrogen) atoms. The molecule has 1 aromatic rings. The number of benzene rings is 1. The minimum atomic E-state index is -3.69. The van der Waals surface area contributed by atoms with Crippen molar-refractivity contribution in [1.82, 2.24) is 0 Å². The van der Waals surface area contributed by atoms with Gasteiger partial charge < -0.3 is 5.32 Å². The largest absolute Gasteiger partial charge is 0.326 e. The standard InChI is InChI=1S/C14H18N2O3S/c15-20(18,19)13-8-6-12(7-9-13)16-14(17)10-11-4-2-1-3-5-11/h4,6-9H,1-3,5,10H2,(H,16,17)(H2,15,18,19). The van der Waals surface area contributed by atoms with Crippen LogP contribution >= 0.6 is 0 Å². The first-order valence-electron chi connectivity index (χ1n) is 6.56. The molecule has 1 aliphatic carbocycles. The Morgan fingerprint density at radius 3 is 2.45 bits per heavy atom. The zero-order valence-electron chi connectivity index (χ0n) is 11.1. The van der Waals surface area contributed by atoms with E-state index in [1.54, 1.807) is 0 Å². The molecular weight excluding hydrogens is 276 g/mol. The molecule has 5 nitrogen and oxygen atoms in total. The Hall–Kier alpha value is -1.66. The lowest BCUT2D eigenvalue weighted by molar-refractivity contribution is -0.115. The van der Waals surface area contributed by atoms with Crippen molar-refractivity contribution >= 4 is 21.6 Å². The topological polar surface area (TPSA) is 89.3 Å². The molecule has 0 spiro atoms. The van der Waals surface area contributed by atoms with Crippen LogP contribution < -0.4 is 10.5 Å². The summed E-state index contributed by atoms with van der Waals surface area (Å²) < 4.78 is 22.2. The first-order chi connectivity index (χ1) is 9.45. The van der Waals surface area contributed by atoms with Gasteiger partial charge >= 0.3 is 0 Å². The number of primary sulfonamides is 1. The van der Waals surface area contributed by atoms with Crippen molar-refractivity contribution in [2.75, 3.05) is 5.32 Å². The van der Waals surface area contributed by atoms with Crippen LogP contribution in [0.5, 0.6) is 0 Å². The minimum Gasteiger partial charge on any atom is -0.326 e. The quantitative estimate of drug-likeness (QED) is 0.834. The molecule has 0 radical (unpaired) electrons. The molecule has 6 heteroatoms. The third kappa shape index (κ3) is 4.18. The molecule has 0 fully saturated rings. The molecule has 108 valence electrons. The number of sulfonamides is 1. The van der Waals surface area contributed by atoms with Crippen molar-refractivity contribution in [1.29, 1.82) is 0 Å². The summed E-state index contributed by atoms with van der Waals surface area (Å²) in [7, 11) is -3.69. The Balaban J connectivity index is 1.96. The second-order valence-electron chi connectivity index (χ2n) is 4.90. The average molecular weight is 294 g/mol. The van der Waals surface area contributed by atoms with E-state index in [1.165, 1.54) is 36.3 Å². The van der Waals surface area contributed by atoms with Gasteiger partial charge in [0.2, 0.25) is 15.9 Å². The van der Waals surface area contributed by atoms with Gasteiger partial charge in [-0.15, -0.1) is 0 Å². The zero-order chi connectivity index (χ0) is 14.6. The average Bonchev–Trinajstić information content (AvgIpc) is 2.39. The number of rotatable bonds is 4. The highest BCUT2D eigenvalue weighted by atomic mass is 32.2. The van der Waals surface area contributed by atoms with E-state index in [-0.39, 0.29) is 10.8 Å². The SMILES string of the molecule is NS(=O)(=O)c1ccc(NC(=O)CC2=CCCCC2)cc1. The lowest BCUT2D eigenvalue weighted by atomic mass is 9.97. The number of anilines is 1. The lowest BCUT2D eigenvalue weighted by Gasteiger charge is -2.12. The maximum Gasteiger partial charge on any atom is 0.238 e. The van der Waals surface area contributed by atoms with Gasteiger partial charge in [-0.05, 0) is 49.9 Å². The van der Waals surface area contributed by atoms with Crippen LogP contribution in [-0.2, 0) is 14.8 Å². The molecule has 0 saturated carbocycles. The summed E-state index contributed by atoms with van der Waals surface area (Å²) >= 11 is 0. The number of amides is 1. The Kier molecular flexibility index (Phi) is 4.57. The fourth-order valence-corrected chi connectivity index (χ4v) is 2.72. The van der Waals surface area contributed by atoms with Gasteiger partial charge in [0, 0.05) is 12.1 Å². The summed E-state index contributed by atoms with van der Waals surface area (Å²) in [5.74, 6) is -0.0819. The number of allylic oxidation sites excluding steroid dienone is 1. The van der Waals surface area contributed by atoms with E-state index in [9.17, 15) is 13.2 Å². The zero-order valence-corrected chi connectivity index (χ0v) is 11.9. The van der Waals surface area contributed by atoms with Gasteiger partial charge in [0.15, 0.2) is 0 Å². The van der Waals surface area contributed by atoms with Gasteiger partial charge in [-0.1, -0.05) is 11.6 Å². The van der Waals surface area contributed by atoms with Crippen molar-refractivity contribution < 1.29 is 13.2 Å². The van der Waals surface area contributed by atoms with Crippen LogP contribution in [-0.4, -0.2) is 14.3 Å². The van der Waals surface area contributed by atoms with Gasteiger partial charge in [0.1, 0.15) is 0 Å². The Bertz CT molecular complexity index is 618. The molecule has 1 aliphatic rings. The van der Waals surface area contributed by atoms with Crippen LogP contribution in [0.15, 0.2) is 40.8 Å². The highest BCUT2D eigenvalue weighted by molar-refractivity contribution is 7.89. The molecule has 2 rings (SSSR count). The highest BCUT2D eigenvalue weighted by Crippen LogP contribution is 2.21. The number of hydrogen-bond acceptors (Lipinski definition) is 3. The normalized spacial score (nSPS) is 15.6. The van der Waals surface area contributed by atoms with E-state index in [2.05, 4.69) is 11.4 Å². The fraction of sp³-hybridized carbons (Fsp3) is 0.357. The second-order valence-corrected chi connectivity index (χ2v) is 6.46. The summed E-state index contributed by atoms with van der Waals surface area (Å²) in [4.78, 5) is 11.9. The molecule has 0 unspecified atom stereocenters. The predicted octanol–water partition coefficient (Wildman–Crippen LogP) is 2.16. The number of carbonyl (C=O) groups excluding carboxylic acids is 1. The van der Waals surface area contributed by atoms with Crippen molar-refractivity contribution in [3.05, 3.63) is 35.9 Å². The van der Waals surface area contributed by atoms with Gasteiger partial charge in [-0.25, -0.2) is 13.6 Å². The Morgan fingerprint density at radius 2 is 1.90 bits per heavy atom. The second kappa shape index (κ2) is 6.19. The van der Waals surface area contributed by atoms with E-state index in [0.29, 0.717) is 12.1 Å². The fourth-order valence-electron chi connectivity index (χ4n) is 2.20. The summed E-state index contributed by atoms with van der Waals surface area (Å²) in [6.07, 6.45) is 6.90. The first-order valence-corrected chi connectivity index (χ1v) is 8.10. The van der Waals surface area contributed by atoms with E-state index in [0.717, 1.165) is 19.3 Å². The third-order valence-corrected chi connectivity index (χ3v) is 4.17. The molecule has 0 atom stereocenters. The monoisotopic (exact) mass is 294 g/mol. The molecule has 1 amide bonds. The molecule has 0 saturated heterocycles. The van der Waals surface area contributed by atoms with Crippen LogP contribution in [0.4, 0.5) is 5.69 Å². The lowest BCUT2D eigenvalue weighted by Crippen LogP contribution is -2.14. The summed E-state index contributed by atoms with van der Waals surface area (Å²) in [5.41, 5.74) is 1.74. The number of carbonyl (C=O) groups is 1. The van der Waals surface area contributed by atoms with Gasteiger partial charge in [-0.3, -0.25) is 4.79 Å². The van der Waals surface area contributed by atoms with E-state index >= 15 is 0 Å². The maximum absolute atomic E-state index is 11.9. The van der Waals surface area contributed by atoms with Crippen LogP contribution in [0.3, 0.4) is 0 Å². The molecule has 1 aromatic carbocycles. The molecule has 0 aliphatic heterocycles. The van der Waals surface area contributed by atoms with E-state index < -0.39 is 10.0 Å². The van der Waals surface area contributed by atoms with E-state index in [4.69, 9.17) is 5.14 Å². The smallest absolute Gasteiger partial charge is 0.238 e. The summed E-state index contributed by atoms with van der Waals surface area (Å²) in [5, 5.41) is 7.76. The van der Waals surface area contributed by atoms with Crippen LogP contribution in [0, 0.1) is 0 Å². The third-order valence-electron chi connectivity index (χ3n) is 3.24. The molecule has 0 aromatic heterocycles. The van der Waals surface area contributed by atoms with Gasteiger partial charge in [0.05, 0.1) is 4.90 Å². The molecule has 0 bridgehead atoms.